The molecule has 2 aromatic carbocycles. The first kappa shape index (κ1) is 44.4. The minimum Gasteiger partial charge on any atom is -0.363 e. The van der Waals surface area contributed by atoms with Crippen LogP contribution in [0.3, 0.4) is 0 Å². The van der Waals surface area contributed by atoms with Crippen molar-refractivity contribution in [3.05, 3.63) is 151 Å². The number of benzene rings is 2. The molecule has 2 aliphatic rings. The summed E-state index contributed by atoms with van der Waals surface area (Å²) in [6.45, 7) is 27.5. The summed E-state index contributed by atoms with van der Waals surface area (Å²) < 4.78 is 25.1. The number of hydrogen-bond acceptors (Lipinski definition) is 3. The number of piperazine rings is 1. The van der Waals surface area contributed by atoms with E-state index in [-0.39, 0.29) is 0 Å². The standard InChI is InChI=1S/C41H60N2.C8H9F2N/c1-8-11-13-14-15-16-17-18-19-20-21-22-33(4)30-37-24-26-39(27-25-37)34(5)31-38(10-3)41-36(7)43-35(6)23-28-40(43)32-42(41)29-12-9-2;1-11-5-6-2-3-7(9)4-8(6)10/h9-10,12,24-27,29,35,40H,2-5,7-8,11,13-23,28,30-32H2,1,6H3;2-4,11H,5H2,1H3/b29-12+,41-38+;. The van der Waals surface area contributed by atoms with Crippen LogP contribution in [0.2, 0.25) is 0 Å². The Morgan fingerprint density at radius 2 is 1.54 bits per heavy atom. The zero-order valence-corrected chi connectivity index (χ0v) is 33.9. The van der Waals surface area contributed by atoms with Crippen LogP contribution in [0.25, 0.3) is 5.57 Å². The first-order valence-electron chi connectivity index (χ1n) is 20.5. The number of nitrogens with one attached hydrogen (secondary N) is 1. The lowest BCUT2D eigenvalue weighted by atomic mass is 9.94. The van der Waals surface area contributed by atoms with E-state index in [4.69, 9.17) is 0 Å². The third-order valence-corrected chi connectivity index (χ3v) is 10.8. The van der Waals surface area contributed by atoms with Crippen LogP contribution in [0, 0.1) is 11.6 Å². The summed E-state index contributed by atoms with van der Waals surface area (Å²) >= 11 is 0. The predicted molar refractivity (Wildman–Crippen MR) is 230 cm³/mol. The second kappa shape index (κ2) is 24.4. The van der Waals surface area contributed by atoms with E-state index in [1.54, 1.807) is 7.05 Å². The molecule has 0 radical (unpaired) electrons. The fourth-order valence-corrected chi connectivity index (χ4v) is 7.73. The molecule has 2 aromatic rings. The number of halogens is 2. The van der Waals surface area contributed by atoms with Gasteiger partial charge in [-0.2, -0.15) is 0 Å². The second-order valence-electron chi connectivity index (χ2n) is 15.2. The van der Waals surface area contributed by atoms with Gasteiger partial charge >= 0.3 is 0 Å². The maximum Gasteiger partial charge on any atom is 0.130 e. The van der Waals surface area contributed by atoms with E-state index in [2.05, 4.69) is 92.3 Å². The van der Waals surface area contributed by atoms with Gasteiger partial charge in [0.25, 0.3) is 0 Å². The molecule has 2 unspecified atom stereocenters. The average molecular weight is 738 g/mol. The van der Waals surface area contributed by atoms with Crippen molar-refractivity contribution in [3.63, 3.8) is 0 Å². The van der Waals surface area contributed by atoms with Crippen LogP contribution in [0.4, 0.5) is 8.78 Å². The lowest BCUT2D eigenvalue weighted by molar-refractivity contribution is 0.189. The van der Waals surface area contributed by atoms with Crippen LogP contribution >= 0.6 is 0 Å². The van der Waals surface area contributed by atoms with Crippen LogP contribution in [0.5, 0.6) is 0 Å². The monoisotopic (exact) mass is 738 g/mol. The number of fused-ring (bicyclic) bond motifs is 1. The molecule has 2 aliphatic heterocycles. The van der Waals surface area contributed by atoms with E-state index in [1.807, 2.05) is 18.2 Å². The Morgan fingerprint density at radius 1 is 0.889 bits per heavy atom. The fraction of sp³-hybridized carbons (Fsp3) is 0.469. The summed E-state index contributed by atoms with van der Waals surface area (Å²) in [4.78, 5) is 4.87. The Bertz CT molecular complexity index is 1570. The number of nitrogens with zero attached hydrogens (tertiary/aromatic N) is 2. The van der Waals surface area contributed by atoms with Crippen molar-refractivity contribution in [3.8, 4) is 0 Å². The highest BCUT2D eigenvalue weighted by molar-refractivity contribution is 5.67. The molecule has 54 heavy (non-hydrogen) atoms. The van der Waals surface area contributed by atoms with Gasteiger partial charge in [0.2, 0.25) is 0 Å². The summed E-state index contributed by atoms with van der Waals surface area (Å²) in [5, 5.41) is 2.78. The Labute approximate surface area is 328 Å². The molecule has 2 saturated heterocycles. The Balaban J connectivity index is 0.000000609. The van der Waals surface area contributed by atoms with Gasteiger partial charge in [0.15, 0.2) is 0 Å². The van der Waals surface area contributed by atoms with E-state index in [9.17, 15) is 8.78 Å². The van der Waals surface area contributed by atoms with Crippen LogP contribution in [-0.2, 0) is 13.0 Å². The number of rotatable bonds is 22. The van der Waals surface area contributed by atoms with Gasteiger partial charge < -0.3 is 15.1 Å². The minimum absolute atomic E-state index is 0.423. The average Bonchev–Trinajstić information content (AvgIpc) is 3.54. The predicted octanol–water partition coefficient (Wildman–Crippen LogP) is 13.4. The Hall–Kier alpha value is -3.96. The van der Waals surface area contributed by atoms with Gasteiger partial charge in [-0.3, -0.25) is 0 Å². The molecular weight excluding hydrogens is 669 g/mol. The van der Waals surface area contributed by atoms with Crippen molar-refractivity contribution in [2.75, 3.05) is 13.6 Å². The number of allylic oxidation sites excluding steroid dienone is 6. The summed E-state index contributed by atoms with van der Waals surface area (Å²) in [5.41, 5.74) is 8.88. The molecular formula is C49H69F2N3. The van der Waals surface area contributed by atoms with Gasteiger partial charge in [-0.05, 0) is 86.9 Å². The van der Waals surface area contributed by atoms with Crippen molar-refractivity contribution < 1.29 is 8.78 Å². The van der Waals surface area contributed by atoms with Crippen LogP contribution in [0.15, 0.2) is 122 Å². The van der Waals surface area contributed by atoms with Crippen LogP contribution < -0.4 is 5.32 Å². The normalized spacial score (nSPS) is 17.6. The van der Waals surface area contributed by atoms with Crippen LogP contribution in [-0.4, -0.2) is 35.5 Å². The highest BCUT2D eigenvalue weighted by Crippen LogP contribution is 2.40. The lowest BCUT2D eigenvalue weighted by Crippen LogP contribution is -2.47. The molecule has 0 aromatic heterocycles. The van der Waals surface area contributed by atoms with E-state index in [0.717, 1.165) is 48.8 Å². The zero-order valence-electron chi connectivity index (χ0n) is 33.9. The highest BCUT2D eigenvalue weighted by atomic mass is 19.1. The first-order chi connectivity index (χ1) is 26.1. The van der Waals surface area contributed by atoms with E-state index in [0.29, 0.717) is 24.2 Å². The maximum atomic E-state index is 12.8. The molecule has 1 N–H and O–H groups in total. The Kier molecular flexibility index (Phi) is 20.1. The summed E-state index contributed by atoms with van der Waals surface area (Å²) in [5.74, 6) is -1.04. The van der Waals surface area contributed by atoms with Gasteiger partial charge in [0.1, 0.15) is 11.6 Å². The molecule has 294 valence electrons. The molecule has 4 rings (SSSR count). The molecule has 2 fully saturated rings. The smallest absolute Gasteiger partial charge is 0.130 e. The molecule has 2 atom stereocenters. The maximum absolute atomic E-state index is 12.8. The SMILES string of the molecule is C=C/C=C/N1CC2CCC(C)N2C(=C)/C1=C(/C=C)CC(=C)c1ccc(CC(=C)CCCCCCCCCCCCC)cc1.CNCc1ccc(F)cc1F. The molecule has 0 spiro atoms. The molecule has 0 bridgehead atoms. The van der Waals surface area contributed by atoms with Crippen molar-refractivity contribution >= 4 is 5.57 Å². The minimum atomic E-state index is -0.539. The molecule has 5 heteroatoms. The highest BCUT2D eigenvalue weighted by Gasteiger charge is 2.39. The number of unbranched alkanes of at least 4 members (excludes halogenated alkanes) is 10. The molecule has 0 amide bonds. The van der Waals surface area contributed by atoms with E-state index in [1.165, 1.54) is 118 Å². The third-order valence-electron chi connectivity index (χ3n) is 10.8. The molecule has 0 saturated carbocycles. The van der Waals surface area contributed by atoms with Crippen molar-refractivity contribution in [1.82, 2.24) is 15.1 Å². The lowest BCUT2D eigenvalue weighted by Gasteiger charge is -2.44. The van der Waals surface area contributed by atoms with Crippen molar-refractivity contribution in [2.24, 2.45) is 0 Å². The number of hydrogen-bond donors (Lipinski definition) is 1. The molecule has 0 aliphatic carbocycles. The molecule has 3 nitrogen and oxygen atoms in total. The van der Waals surface area contributed by atoms with Gasteiger partial charge in [-0.25, -0.2) is 8.78 Å². The van der Waals surface area contributed by atoms with Crippen molar-refractivity contribution in [2.45, 2.75) is 135 Å². The van der Waals surface area contributed by atoms with Crippen LogP contribution in [0.1, 0.15) is 127 Å². The van der Waals surface area contributed by atoms with Gasteiger partial charge in [-0.15, -0.1) is 0 Å². The topological polar surface area (TPSA) is 18.5 Å². The zero-order chi connectivity index (χ0) is 39.3. The van der Waals surface area contributed by atoms with Gasteiger partial charge in [0.05, 0.1) is 11.4 Å². The van der Waals surface area contributed by atoms with Gasteiger partial charge in [0, 0.05) is 43.0 Å². The second-order valence-corrected chi connectivity index (χ2v) is 15.2. The molecule has 2 heterocycles. The Morgan fingerprint density at radius 3 is 2.13 bits per heavy atom. The first-order valence-corrected chi connectivity index (χ1v) is 20.5. The van der Waals surface area contributed by atoms with Gasteiger partial charge in [-0.1, -0.05) is 152 Å². The summed E-state index contributed by atoms with van der Waals surface area (Å²) in [6, 6.07) is 13.5. The van der Waals surface area contributed by atoms with E-state index < -0.39 is 11.6 Å². The quantitative estimate of drug-likeness (QED) is 0.0737. The fourth-order valence-electron chi connectivity index (χ4n) is 7.73. The third kappa shape index (κ3) is 14.4. The van der Waals surface area contributed by atoms with Crippen molar-refractivity contribution in [1.29, 1.82) is 0 Å². The summed E-state index contributed by atoms with van der Waals surface area (Å²) in [7, 11) is 1.71. The summed E-state index contributed by atoms with van der Waals surface area (Å²) in [6.07, 6.45) is 28.5. The largest absolute Gasteiger partial charge is 0.363 e. The van der Waals surface area contributed by atoms with E-state index >= 15 is 0 Å².